The Morgan fingerprint density at radius 3 is 2.79 bits per heavy atom. The molecule has 0 saturated carbocycles. The van der Waals surface area contributed by atoms with Crippen molar-refractivity contribution < 1.29 is 14.3 Å². The van der Waals surface area contributed by atoms with Crippen molar-refractivity contribution in [1.82, 2.24) is 4.90 Å². The molecule has 0 aromatic heterocycles. The molecule has 0 aliphatic carbocycles. The maximum Gasteiger partial charge on any atom is 0.253 e. The van der Waals surface area contributed by atoms with Gasteiger partial charge in [0.15, 0.2) is 0 Å². The molecular weight excluding hydrogens is 304 g/mol. The molecule has 0 spiro atoms. The molecule has 1 aliphatic heterocycles. The number of carbonyl (C=O) groups is 2. The van der Waals surface area contributed by atoms with Crippen LogP contribution in [0.5, 0.6) is 5.75 Å². The molecule has 0 unspecified atom stereocenters. The van der Waals surface area contributed by atoms with Gasteiger partial charge in [0, 0.05) is 37.8 Å². The van der Waals surface area contributed by atoms with Gasteiger partial charge in [0.25, 0.3) is 5.91 Å². The van der Waals surface area contributed by atoms with Crippen LogP contribution in [0.4, 0.5) is 5.69 Å². The second-order valence-electron chi connectivity index (χ2n) is 6.06. The van der Waals surface area contributed by atoms with Crippen molar-refractivity contribution in [2.24, 2.45) is 0 Å². The molecule has 5 heteroatoms. The molecule has 0 radical (unpaired) electrons. The Kier molecular flexibility index (Phi) is 4.51. The Bertz CT molecular complexity index is 784. The normalized spacial score (nSPS) is 13.0. The van der Waals surface area contributed by atoms with Crippen molar-refractivity contribution in [3.05, 3.63) is 59.2 Å². The van der Waals surface area contributed by atoms with Crippen LogP contribution >= 0.6 is 0 Å². The molecule has 5 nitrogen and oxygen atoms in total. The quantitative estimate of drug-likeness (QED) is 0.941. The fourth-order valence-corrected chi connectivity index (χ4v) is 2.66. The summed E-state index contributed by atoms with van der Waals surface area (Å²) in [7, 11) is 3.46. The van der Waals surface area contributed by atoms with E-state index in [1.165, 1.54) is 0 Å². The third-order valence-electron chi connectivity index (χ3n) is 3.96. The van der Waals surface area contributed by atoms with E-state index in [0.717, 1.165) is 23.2 Å². The van der Waals surface area contributed by atoms with Crippen LogP contribution in [0, 0.1) is 0 Å². The van der Waals surface area contributed by atoms with Gasteiger partial charge in [-0.25, -0.2) is 0 Å². The first-order valence-electron chi connectivity index (χ1n) is 7.89. The number of ether oxygens (including phenoxy) is 1. The lowest BCUT2D eigenvalue weighted by molar-refractivity contribution is -0.116. The molecule has 0 bridgehead atoms. The zero-order chi connectivity index (χ0) is 17.1. The number of anilines is 1. The maximum atomic E-state index is 12.0. The third kappa shape index (κ3) is 3.56. The van der Waals surface area contributed by atoms with E-state index >= 15 is 0 Å². The second-order valence-corrected chi connectivity index (χ2v) is 6.06. The molecule has 0 saturated heterocycles. The lowest BCUT2D eigenvalue weighted by atomic mass is 10.0. The van der Waals surface area contributed by atoms with Gasteiger partial charge in [0.2, 0.25) is 5.91 Å². The number of amides is 2. The van der Waals surface area contributed by atoms with E-state index in [1.54, 1.807) is 25.1 Å². The Morgan fingerprint density at radius 2 is 2.00 bits per heavy atom. The molecule has 2 aromatic carbocycles. The summed E-state index contributed by atoms with van der Waals surface area (Å²) < 4.78 is 5.81. The number of nitrogens with zero attached hydrogens (tertiary/aromatic N) is 1. The first kappa shape index (κ1) is 16.1. The van der Waals surface area contributed by atoms with Crippen molar-refractivity contribution in [3.8, 4) is 5.75 Å². The van der Waals surface area contributed by atoms with E-state index in [9.17, 15) is 9.59 Å². The number of rotatable bonds is 4. The largest absolute Gasteiger partial charge is 0.489 e. The summed E-state index contributed by atoms with van der Waals surface area (Å²) in [4.78, 5) is 25.0. The zero-order valence-electron chi connectivity index (χ0n) is 13.8. The molecule has 124 valence electrons. The van der Waals surface area contributed by atoms with E-state index in [2.05, 4.69) is 5.32 Å². The molecule has 24 heavy (non-hydrogen) atoms. The van der Waals surface area contributed by atoms with Crippen molar-refractivity contribution >= 4 is 17.5 Å². The smallest absolute Gasteiger partial charge is 0.253 e. The van der Waals surface area contributed by atoms with Crippen LogP contribution < -0.4 is 10.1 Å². The number of hydrogen-bond acceptors (Lipinski definition) is 3. The number of aryl methyl sites for hydroxylation is 1. The molecule has 1 heterocycles. The highest BCUT2D eigenvalue weighted by Crippen LogP contribution is 2.27. The van der Waals surface area contributed by atoms with E-state index in [1.807, 2.05) is 36.4 Å². The minimum absolute atomic E-state index is 0.0339. The zero-order valence-corrected chi connectivity index (χ0v) is 13.8. The van der Waals surface area contributed by atoms with E-state index < -0.39 is 0 Å². The van der Waals surface area contributed by atoms with Gasteiger partial charge in [-0.2, -0.15) is 0 Å². The van der Waals surface area contributed by atoms with Gasteiger partial charge in [-0.15, -0.1) is 0 Å². The third-order valence-corrected chi connectivity index (χ3v) is 3.96. The predicted octanol–water partition coefficient (Wildman–Crippen LogP) is 2.85. The minimum atomic E-state index is -0.0339. The summed E-state index contributed by atoms with van der Waals surface area (Å²) in [6.45, 7) is 0.362. The summed E-state index contributed by atoms with van der Waals surface area (Å²) in [6.07, 6.45) is 1.29. The van der Waals surface area contributed by atoms with Gasteiger partial charge >= 0.3 is 0 Å². The standard InChI is InChI=1S/C19H20N2O3/c1-21(2)19(23)15-5-3-4-13(10-15)12-24-16-8-6-14-7-9-18(22)20-17(14)11-16/h3-6,8,10-11H,7,9,12H2,1-2H3,(H,20,22). The van der Waals surface area contributed by atoms with Gasteiger partial charge in [-0.3, -0.25) is 9.59 Å². The van der Waals surface area contributed by atoms with E-state index in [0.29, 0.717) is 24.3 Å². The SMILES string of the molecule is CN(C)C(=O)c1cccc(COc2ccc3c(c2)NC(=O)CC3)c1. The van der Waals surface area contributed by atoms with Crippen LogP contribution in [0.3, 0.4) is 0 Å². The van der Waals surface area contributed by atoms with Crippen LogP contribution in [0.1, 0.15) is 27.9 Å². The van der Waals surface area contributed by atoms with E-state index in [4.69, 9.17) is 4.74 Å². The van der Waals surface area contributed by atoms with Gasteiger partial charge in [0.05, 0.1) is 0 Å². The topological polar surface area (TPSA) is 58.6 Å². The van der Waals surface area contributed by atoms with Crippen LogP contribution in [-0.4, -0.2) is 30.8 Å². The highest BCUT2D eigenvalue weighted by molar-refractivity contribution is 5.94. The molecule has 2 aromatic rings. The molecule has 2 amide bonds. The lowest BCUT2D eigenvalue weighted by Crippen LogP contribution is -2.21. The first-order chi connectivity index (χ1) is 11.5. The summed E-state index contributed by atoms with van der Waals surface area (Å²) in [5.41, 5.74) is 3.50. The Labute approximate surface area is 141 Å². The second kappa shape index (κ2) is 6.74. The summed E-state index contributed by atoms with van der Waals surface area (Å²) in [6, 6.07) is 13.1. The van der Waals surface area contributed by atoms with Crippen molar-refractivity contribution in [3.63, 3.8) is 0 Å². The lowest BCUT2D eigenvalue weighted by Gasteiger charge is -2.18. The summed E-state index contributed by atoms with van der Waals surface area (Å²) >= 11 is 0. The molecule has 3 rings (SSSR count). The predicted molar refractivity (Wildman–Crippen MR) is 92.2 cm³/mol. The highest BCUT2D eigenvalue weighted by atomic mass is 16.5. The van der Waals surface area contributed by atoms with Crippen molar-refractivity contribution in [2.75, 3.05) is 19.4 Å². The number of nitrogens with one attached hydrogen (secondary N) is 1. The number of hydrogen-bond donors (Lipinski definition) is 1. The highest BCUT2D eigenvalue weighted by Gasteiger charge is 2.15. The van der Waals surface area contributed by atoms with Crippen LogP contribution in [0.2, 0.25) is 0 Å². The minimum Gasteiger partial charge on any atom is -0.489 e. The summed E-state index contributed by atoms with van der Waals surface area (Å²) in [5.74, 6) is 0.697. The molecule has 0 fully saturated rings. The fourth-order valence-electron chi connectivity index (χ4n) is 2.66. The monoisotopic (exact) mass is 324 g/mol. The van der Waals surface area contributed by atoms with Crippen molar-refractivity contribution in [1.29, 1.82) is 0 Å². The Balaban J connectivity index is 1.70. The van der Waals surface area contributed by atoms with Gasteiger partial charge in [-0.05, 0) is 35.7 Å². The number of carbonyl (C=O) groups excluding carboxylic acids is 2. The Morgan fingerprint density at radius 1 is 1.17 bits per heavy atom. The van der Waals surface area contributed by atoms with Crippen LogP contribution in [0.15, 0.2) is 42.5 Å². The van der Waals surface area contributed by atoms with Gasteiger partial charge < -0.3 is 15.0 Å². The average molecular weight is 324 g/mol. The molecule has 0 atom stereocenters. The maximum absolute atomic E-state index is 12.0. The van der Waals surface area contributed by atoms with Crippen LogP contribution in [-0.2, 0) is 17.8 Å². The number of benzene rings is 2. The fraction of sp³-hybridized carbons (Fsp3) is 0.263. The van der Waals surface area contributed by atoms with E-state index in [-0.39, 0.29) is 11.8 Å². The number of fused-ring (bicyclic) bond motifs is 1. The molecule has 1 N–H and O–H groups in total. The molecule has 1 aliphatic rings. The summed E-state index contributed by atoms with van der Waals surface area (Å²) in [5, 5.41) is 2.87. The molecular formula is C19H20N2O3. The van der Waals surface area contributed by atoms with Crippen LogP contribution in [0.25, 0.3) is 0 Å². The van der Waals surface area contributed by atoms with Crippen molar-refractivity contribution in [2.45, 2.75) is 19.4 Å². The average Bonchev–Trinajstić information content (AvgIpc) is 2.59. The van der Waals surface area contributed by atoms with Gasteiger partial charge in [0.1, 0.15) is 12.4 Å². The first-order valence-corrected chi connectivity index (χ1v) is 7.89. The Hall–Kier alpha value is -2.82. The van der Waals surface area contributed by atoms with Gasteiger partial charge in [-0.1, -0.05) is 18.2 Å².